The van der Waals surface area contributed by atoms with Gasteiger partial charge < -0.3 is 5.11 Å². The van der Waals surface area contributed by atoms with Crippen molar-refractivity contribution in [3.8, 4) is 0 Å². The van der Waals surface area contributed by atoms with Crippen LogP contribution < -0.4 is 0 Å². The fourth-order valence-electron chi connectivity index (χ4n) is 0.0915. The Morgan fingerprint density at radius 2 is 1.88 bits per heavy atom. The summed E-state index contributed by atoms with van der Waals surface area (Å²) < 4.78 is -0.0486. The minimum atomic E-state index is -1.19. The summed E-state index contributed by atoms with van der Waals surface area (Å²) in [5.41, 5.74) is 0. The fraction of sp³-hybridized carbons (Fsp3) is 0. The van der Waals surface area contributed by atoms with Crippen LogP contribution in [0.3, 0.4) is 0 Å². The number of carboxylic acids is 1. The lowest BCUT2D eigenvalue weighted by molar-refractivity contribution is -0.128. The average molecular weight is 166 g/mol. The first-order chi connectivity index (χ1) is 3.55. The van der Waals surface area contributed by atoms with Crippen LogP contribution in [0.4, 0.5) is 0 Å². The highest BCUT2D eigenvalue weighted by Crippen LogP contribution is 1.88. The number of thiol groups is 1. The number of carbonyl (C=O) groups is 1. The molecule has 0 spiro atoms. The molecule has 0 aromatic rings. The van der Waals surface area contributed by atoms with E-state index in [1.165, 1.54) is 0 Å². The van der Waals surface area contributed by atoms with Crippen LogP contribution in [0, 0.1) is 0 Å². The quantitative estimate of drug-likeness (QED) is 0.468. The average Bonchev–Trinajstić information content (AvgIpc) is 1.64. The van der Waals surface area contributed by atoms with Crippen LogP contribution in [0.15, 0.2) is 0 Å². The second-order valence-electron chi connectivity index (χ2n) is 0.939. The molecule has 44 valence electrons. The van der Waals surface area contributed by atoms with E-state index in [-0.39, 0.29) is 9.06 Å². The summed E-state index contributed by atoms with van der Waals surface area (Å²) in [4.78, 5) is 9.56. The summed E-state index contributed by atoms with van der Waals surface area (Å²) in [6, 6.07) is 0. The molecule has 0 amide bonds. The third-order valence-corrected chi connectivity index (χ3v) is 1.48. The van der Waals surface area contributed by atoms with Gasteiger partial charge >= 0.3 is 5.97 Å². The summed E-state index contributed by atoms with van der Waals surface area (Å²) in [5.74, 6) is -1.19. The van der Waals surface area contributed by atoms with E-state index in [2.05, 4.69) is 37.1 Å². The highest BCUT2D eigenvalue weighted by Gasteiger charge is 2.07. The first kappa shape index (κ1) is 8.00. The van der Waals surface area contributed by atoms with Crippen LogP contribution in [0.1, 0.15) is 0 Å². The van der Waals surface area contributed by atoms with Gasteiger partial charge in [-0.15, -0.1) is 12.6 Å². The lowest BCUT2D eigenvalue weighted by Crippen LogP contribution is -2.14. The van der Waals surface area contributed by atoms with Crippen molar-refractivity contribution in [2.24, 2.45) is 0 Å². The second kappa shape index (κ2) is 3.11. The topological polar surface area (TPSA) is 37.3 Å². The number of carboxylic acid groups (broad SMARTS) is 1. The molecule has 0 bridgehead atoms. The van der Waals surface area contributed by atoms with E-state index in [0.29, 0.717) is 0 Å². The smallest absolute Gasteiger partial charge is 0.348 e. The predicted octanol–water partition coefficient (Wildman–Crippen LogP) is 0.698. The molecular weight excluding hydrogens is 164 g/mol. The largest absolute Gasteiger partial charge is 0.477 e. The van der Waals surface area contributed by atoms with Gasteiger partial charge in [-0.3, -0.25) is 0 Å². The van der Waals surface area contributed by atoms with E-state index in [9.17, 15) is 4.79 Å². The fourth-order valence-corrected chi connectivity index (χ4v) is 0.274. The van der Waals surface area contributed by atoms with Gasteiger partial charge in [-0.1, -0.05) is 24.4 Å². The van der Waals surface area contributed by atoms with Crippen molar-refractivity contribution in [1.82, 2.24) is 0 Å². The van der Waals surface area contributed by atoms with Crippen LogP contribution in [-0.2, 0) is 4.79 Å². The standard InChI is InChI=1S/C3H2O2S3/c4-2(5)1(6)3(7)8/h(H,4,5)(H,7,8). The summed E-state index contributed by atoms with van der Waals surface area (Å²) in [7, 11) is 0. The molecule has 0 radical (unpaired) electrons. The lowest BCUT2D eigenvalue weighted by atomic mass is 10.5. The summed E-state index contributed by atoms with van der Waals surface area (Å²) in [6.45, 7) is 0. The Morgan fingerprint density at radius 3 is 1.88 bits per heavy atom. The van der Waals surface area contributed by atoms with Crippen molar-refractivity contribution in [2.45, 2.75) is 0 Å². The van der Waals surface area contributed by atoms with E-state index >= 15 is 0 Å². The van der Waals surface area contributed by atoms with E-state index in [1.807, 2.05) is 0 Å². The first-order valence-electron chi connectivity index (χ1n) is 1.56. The molecule has 0 saturated heterocycles. The Bertz CT molecular complexity index is 135. The van der Waals surface area contributed by atoms with Gasteiger partial charge in [-0.25, -0.2) is 4.79 Å². The molecule has 8 heavy (non-hydrogen) atoms. The Kier molecular flexibility index (Phi) is 3.11. The number of thiocarbonyl (C=S) groups is 2. The van der Waals surface area contributed by atoms with Gasteiger partial charge in [0.05, 0.1) is 4.20 Å². The van der Waals surface area contributed by atoms with Crippen LogP contribution >= 0.6 is 37.1 Å². The molecule has 0 aliphatic heterocycles. The van der Waals surface area contributed by atoms with Gasteiger partial charge in [0.15, 0.2) is 0 Å². The van der Waals surface area contributed by atoms with E-state index in [0.717, 1.165) is 0 Å². The number of rotatable bonds is 2. The maximum atomic E-state index is 9.86. The Balaban J connectivity index is 4.05. The van der Waals surface area contributed by atoms with Crippen molar-refractivity contribution in [2.75, 3.05) is 0 Å². The first-order valence-corrected chi connectivity index (χ1v) is 2.82. The minimum Gasteiger partial charge on any atom is -0.477 e. The van der Waals surface area contributed by atoms with Gasteiger partial charge in [0, 0.05) is 0 Å². The Labute approximate surface area is 62.3 Å². The zero-order valence-electron chi connectivity index (χ0n) is 3.62. The van der Waals surface area contributed by atoms with Gasteiger partial charge in [0.25, 0.3) is 0 Å². The molecule has 0 rings (SSSR count). The molecule has 0 heterocycles. The summed E-state index contributed by atoms with van der Waals surface area (Å²) in [5, 5.41) is 8.07. The third-order valence-electron chi connectivity index (χ3n) is 0.388. The molecular formula is C3H2O2S3. The van der Waals surface area contributed by atoms with E-state index in [1.54, 1.807) is 0 Å². The maximum absolute atomic E-state index is 9.86. The molecule has 0 fully saturated rings. The van der Waals surface area contributed by atoms with E-state index in [4.69, 9.17) is 5.11 Å². The minimum absolute atomic E-state index is 0.0486. The van der Waals surface area contributed by atoms with Crippen LogP contribution in [0.25, 0.3) is 0 Å². The van der Waals surface area contributed by atoms with Crippen LogP contribution in [0.2, 0.25) is 0 Å². The Hall–Kier alpha value is -0.000000000000000111. The Morgan fingerprint density at radius 1 is 1.50 bits per heavy atom. The zero-order chi connectivity index (χ0) is 6.73. The van der Waals surface area contributed by atoms with Gasteiger partial charge in [-0.05, 0) is 0 Å². The number of hydrogen-bond donors (Lipinski definition) is 2. The van der Waals surface area contributed by atoms with Gasteiger partial charge in [-0.2, -0.15) is 0 Å². The molecule has 0 aromatic carbocycles. The predicted molar refractivity (Wildman–Crippen MR) is 41.8 cm³/mol. The number of aliphatic carboxylic acids is 1. The summed E-state index contributed by atoms with van der Waals surface area (Å²) >= 11 is 12.2. The third kappa shape index (κ3) is 2.34. The van der Waals surface area contributed by atoms with Crippen molar-refractivity contribution >= 4 is 52.1 Å². The number of hydrogen-bond acceptors (Lipinski definition) is 3. The highest BCUT2D eigenvalue weighted by atomic mass is 32.1. The molecule has 0 aliphatic rings. The normalized spacial score (nSPS) is 8.12. The highest BCUT2D eigenvalue weighted by molar-refractivity contribution is 8.16. The molecule has 0 aliphatic carbocycles. The molecule has 0 saturated carbocycles. The zero-order valence-corrected chi connectivity index (χ0v) is 6.15. The SMILES string of the molecule is O=C(O)C(=S)C(=S)S. The molecule has 5 heteroatoms. The molecule has 2 nitrogen and oxygen atoms in total. The molecule has 0 atom stereocenters. The van der Waals surface area contributed by atoms with Crippen LogP contribution in [-0.4, -0.2) is 20.1 Å². The second-order valence-corrected chi connectivity index (χ2v) is 2.51. The maximum Gasteiger partial charge on any atom is 0.348 e. The van der Waals surface area contributed by atoms with Gasteiger partial charge in [0.2, 0.25) is 0 Å². The lowest BCUT2D eigenvalue weighted by Gasteiger charge is -1.87. The summed E-state index contributed by atoms with van der Waals surface area (Å²) in [6.07, 6.45) is 0. The molecule has 0 unspecified atom stereocenters. The van der Waals surface area contributed by atoms with Crippen molar-refractivity contribution in [3.63, 3.8) is 0 Å². The van der Waals surface area contributed by atoms with E-state index < -0.39 is 5.97 Å². The van der Waals surface area contributed by atoms with Crippen molar-refractivity contribution < 1.29 is 9.90 Å². The van der Waals surface area contributed by atoms with Gasteiger partial charge in [0.1, 0.15) is 4.86 Å². The van der Waals surface area contributed by atoms with Crippen molar-refractivity contribution in [1.29, 1.82) is 0 Å². The molecule has 1 N–H and O–H groups in total. The van der Waals surface area contributed by atoms with Crippen LogP contribution in [0.5, 0.6) is 0 Å². The monoisotopic (exact) mass is 166 g/mol. The molecule has 0 aromatic heterocycles. The van der Waals surface area contributed by atoms with Crippen molar-refractivity contribution in [3.05, 3.63) is 0 Å².